The molecule has 0 aliphatic carbocycles. The number of carbonyl (C=O) groups is 1. The Balaban J connectivity index is 0.00000289. The van der Waals surface area contributed by atoms with E-state index in [1.807, 2.05) is 61.6 Å². The van der Waals surface area contributed by atoms with Crippen molar-refractivity contribution < 1.29 is 9.90 Å². The fourth-order valence-electron chi connectivity index (χ4n) is 4.21. The molecule has 0 fully saturated rings. The molecule has 3 aromatic carbocycles. The minimum absolute atomic E-state index is 0. The first-order valence-corrected chi connectivity index (χ1v) is 10.8. The summed E-state index contributed by atoms with van der Waals surface area (Å²) in [7, 11) is 1.84. The fourth-order valence-corrected chi connectivity index (χ4v) is 4.40. The number of benzene rings is 3. The van der Waals surface area contributed by atoms with E-state index in [0.29, 0.717) is 22.8 Å². The van der Waals surface area contributed by atoms with Gasteiger partial charge in [-0.15, -0.1) is 12.4 Å². The second-order valence-electron chi connectivity index (χ2n) is 7.73. The summed E-state index contributed by atoms with van der Waals surface area (Å²) in [4.78, 5) is 15.0. The van der Waals surface area contributed by atoms with Crippen LogP contribution in [0.3, 0.4) is 0 Å². The van der Waals surface area contributed by atoms with E-state index in [0.717, 1.165) is 29.8 Å². The van der Waals surface area contributed by atoms with Crippen LogP contribution in [0.4, 0.5) is 11.4 Å². The van der Waals surface area contributed by atoms with E-state index in [9.17, 15) is 9.90 Å². The summed E-state index contributed by atoms with van der Waals surface area (Å²) < 4.78 is 0. The molecule has 1 aliphatic heterocycles. The predicted octanol–water partition coefficient (Wildman–Crippen LogP) is 4.70. The van der Waals surface area contributed by atoms with Crippen molar-refractivity contribution in [3.63, 3.8) is 0 Å². The van der Waals surface area contributed by atoms with E-state index in [-0.39, 0.29) is 24.4 Å². The Kier molecular flexibility index (Phi) is 8.15. The molecule has 0 spiro atoms. The van der Waals surface area contributed by atoms with Crippen LogP contribution in [0, 0.1) is 0 Å². The lowest BCUT2D eigenvalue weighted by molar-refractivity contribution is 0.102. The second-order valence-corrected chi connectivity index (χ2v) is 8.17. The number of aliphatic hydroxyl groups is 1. The minimum Gasteiger partial charge on any atom is -0.389 e. The molecule has 0 bridgehead atoms. The van der Waals surface area contributed by atoms with Crippen LogP contribution in [0.15, 0.2) is 72.8 Å². The summed E-state index contributed by atoms with van der Waals surface area (Å²) in [6, 6.07) is 22.8. The van der Waals surface area contributed by atoms with Gasteiger partial charge in [0, 0.05) is 35.1 Å². The van der Waals surface area contributed by atoms with Crippen LogP contribution in [-0.2, 0) is 6.42 Å². The number of halogens is 2. The molecule has 1 heterocycles. The van der Waals surface area contributed by atoms with Gasteiger partial charge in [0.2, 0.25) is 0 Å². The first-order chi connectivity index (χ1) is 15.1. The number of carbonyl (C=O) groups excluding carboxylic acids is 1. The van der Waals surface area contributed by atoms with Gasteiger partial charge in [0.1, 0.15) is 0 Å². The van der Waals surface area contributed by atoms with Gasteiger partial charge in [0.05, 0.1) is 12.1 Å². The van der Waals surface area contributed by atoms with Crippen molar-refractivity contribution in [3.05, 3.63) is 94.5 Å². The van der Waals surface area contributed by atoms with Crippen molar-refractivity contribution in [1.82, 2.24) is 5.32 Å². The Morgan fingerprint density at radius 2 is 1.88 bits per heavy atom. The van der Waals surface area contributed by atoms with Gasteiger partial charge in [-0.1, -0.05) is 48.0 Å². The summed E-state index contributed by atoms with van der Waals surface area (Å²) in [5.74, 6) is -0.168. The molecule has 3 N–H and O–H groups in total. The monoisotopic (exact) mass is 471 g/mol. The van der Waals surface area contributed by atoms with Crippen LogP contribution in [-0.4, -0.2) is 37.3 Å². The Morgan fingerprint density at radius 3 is 2.59 bits per heavy atom. The topological polar surface area (TPSA) is 64.6 Å². The molecule has 3 aromatic rings. The molecular weight excluding hydrogens is 445 g/mol. The number of nitrogens with zero attached hydrogens (tertiary/aromatic N) is 1. The number of rotatable bonds is 7. The van der Waals surface area contributed by atoms with Crippen molar-refractivity contribution in [1.29, 1.82) is 0 Å². The van der Waals surface area contributed by atoms with E-state index < -0.39 is 6.10 Å². The lowest BCUT2D eigenvalue weighted by Crippen LogP contribution is -2.40. The molecule has 0 saturated heterocycles. The van der Waals surface area contributed by atoms with Gasteiger partial charge in [-0.05, 0) is 61.0 Å². The molecule has 2 atom stereocenters. The lowest BCUT2D eigenvalue weighted by atomic mass is 9.99. The normalized spacial score (nSPS) is 14.3. The molecule has 4 rings (SSSR count). The number of fused-ring (bicyclic) bond motifs is 1. The largest absolute Gasteiger partial charge is 0.389 e. The molecule has 0 aromatic heterocycles. The van der Waals surface area contributed by atoms with Crippen LogP contribution in [0.2, 0.25) is 5.02 Å². The molecular formula is C25H27Cl2N3O2. The summed E-state index contributed by atoms with van der Waals surface area (Å²) in [5, 5.41) is 17.5. The molecule has 1 aliphatic rings. The van der Waals surface area contributed by atoms with Gasteiger partial charge in [0.25, 0.3) is 5.91 Å². The van der Waals surface area contributed by atoms with Gasteiger partial charge in [-0.2, -0.15) is 0 Å². The van der Waals surface area contributed by atoms with Gasteiger partial charge in [0.15, 0.2) is 0 Å². The van der Waals surface area contributed by atoms with Crippen LogP contribution in [0.1, 0.15) is 27.5 Å². The maximum atomic E-state index is 12.7. The number of hydrogen-bond acceptors (Lipinski definition) is 4. The third-order valence-electron chi connectivity index (χ3n) is 5.61. The van der Waals surface area contributed by atoms with Crippen LogP contribution >= 0.6 is 24.0 Å². The van der Waals surface area contributed by atoms with Gasteiger partial charge >= 0.3 is 0 Å². The number of nitrogens with one attached hydrogen (secondary N) is 2. The van der Waals surface area contributed by atoms with Crippen LogP contribution in [0.25, 0.3) is 0 Å². The molecule has 0 unspecified atom stereocenters. The zero-order valence-electron chi connectivity index (χ0n) is 17.8. The highest BCUT2D eigenvalue weighted by Crippen LogP contribution is 2.37. The van der Waals surface area contributed by atoms with Gasteiger partial charge in [-0.25, -0.2) is 0 Å². The molecule has 0 radical (unpaired) electrons. The van der Waals surface area contributed by atoms with Crippen LogP contribution < -0.4 is 15.5 Å². The SMILES string of the molecule is CNC[C@H](O)[C@H](c1ccccc1)N1CCc2cc(C(=O)Nc3cccc(Cl)c3)ccc21.Cl. The van der Waals surface area contributed by atoms with Crippen molar-refractivity contribution in [2.75, 3.05) is 30.4 Å². The van der Waals surface area contributed by atoms with Crippen molar-refractivity contribution in [2.45, 2.75) is 18.6 Å². The van der Waals surface area contributed by atoms with Crippen LogP contribution in [0.5, 0.6) is 0 Å². The smallest absolute Gasteiger partial charge is 0.255 e. The molecule has 1 amide bonds. The predicted molar refractivity (Wildman–Crippen MR) is 133 cm³/mol. The third-order valence-corrected chi connectivity index (χ3v) is 5.85. The summed E-state index contributed by atoms with van der Waals surface area (Å²) in [5.41, 5.74) is 4.51. The third kappa shape index (κ3) is 5.25. The maximum absolute atomic E-state index is 12.7. The maximum Gasteiger partial charge on any atom is 0.255 e. The summed E-state index contributed by atoms with van der Waals surface area (Å²) in [6.07, 6.45) is 0.257. The van der Waals surface area contributed by atoms with Gasteiger partial charge in [-0.3, -0.25) is 4.79 Å². The van der Waals surface area contributed by atoms with E-state index in [2.05, 4.69) is 15.5 Å². The molecule has 168 valence electrons. The molecule has 7 heteroatoms. The molecule has 32 heavy (non-hydrogen) atoms. The number of amides is 1. The highest BCUT2D eigenvalue weighted by Gasteiger charge is 2.32. The highest BCUT2D eigenvalue weighted by molar-refractivity contribution is 6.31. The fraction of sp³-hybridized carbons (Fsp3) is 0.240. The Morgan fingerprint density at radius 1 is 1.09 bits per heavy atom. The number of aliphatic hydroxyl groups excluding tert-OH is 1. The highest BCUT2D eigenvalue weighted by atomic mass is 35.5. The van der Waals surface area contributed by atoms with Crippen molar-refractivity contribution >= 4 is 41.3 Å². The Hall–Kier alpha value is -2.57. The van der Waals surface area contributed by atoms with Crippen molar-refractivity contribution in [2.24, 2.45) is 0 Å². The standard InChI is InChI=1S/C25H26ClN3O2.ClH/c1-27-16-23(30)24(17-6-3-2-4-7-17)29-13-12-18-14-19(10-11-22(18)29)25(31)28-21-9-5-8-20(26)15-21;/h2-11,14-15,23-24,27,30H,12-13,16H2,1H3,(H,28,31);1H/t23-,24-;/m0./s1. The number of likely N-dealkylation sites (N-methyl/N-ethyl adjacent to an activating group) is 1. The quantitative estimate of drug-likeness (QED) is 0.467. The first-order valence-electron chi connectivity index (χ1n) is 10.4. The lowest BCUT2D eigenvalue weighted by Gasteiger charge is -2.34. The van der Waals surface area contributed by atoms with E-state index in [1.165, 1.54) is 0 Å². The van der Waals surface area contributed by atoms with E-state index in [1.54, 1.807) is 18.2 Å². The average molecular weight is 472 g/mol. The zero-order chi connectivity index (χ0) is 21.8. The van der Waals surface area contributed by atoms with Gasteiger partial charge < -0.3 is 20.6 Å². The molecule has 0 saturated carbocycles. The first kappa shape index (κ1) is 24.1. The van der Waals surface area contributed by atoms with E-state index in [4.69, 9.17) is 11.6 Å². The zero-order valence-corrected chi connectivity index (χ0v) is 19.4. The molecule has 5 nitrogen and oxygen atoms in total. The second kappa shape index (κ2) is 10.8. The number of anilines is 2. The van der Waals surface area contributed by atoms with E-state index >= 15 is 0 Å². The average Bonchev–Trinajstić information content (AvgIpc) is 3.18. The number of hydrogen-bond donors (Lipinski definition) is 3. The van der Waals surface area contributed by atoms with Crippen molar-refractivity contribution in [3.8, 4) is 0 Å². The Labute approximate surface area is 199 Å². The summed E-state index contributed by atoms with van der Waals surface area (Å²) in [6.45, 7) is 1.28. The summed E-state index contributed by atoms with van der Waals surface area (Å²) >= 11 is 6.01. The minimum atomic E-state index is -0.566. The Bertz CT molecular complexity index is 1060.